The van der Waals surface area contributed by atoms with Gasteiger partial charge in [-0.2, -0.15) is 0 Å². The molecule has 0 aliphatic rings. The van der Waals surface area contributed by atoms with Crippen molar-refractivity contribution in [3.8, 4) is 11.5 Å². The summed E-state index contributed by atoms with van der Waals surface area (Å²) in [5.74, 6) is 1.24. The van der Waals surface area contributed by atoms with Crippen molar-refractivity contribution < 1.29 is 14.3 Å². The van der Waals surface area contributed by atoms with Crippen LogP contribution in [0.4, 0.5) is 0 Å². The Morgan fingerprint density at radius 3 is 2.72 bits per heavy atom. The summed E-state index contributed by atoms with van der Waals surface area (Å²) >= 11 is 5.98. The van der Waals surface area contributed by atoms with Gasteiger partial charge in [-0.1, -0.05) is 35.9 Å². The van der Waals surface area contributed by atoms with Gasteiger partial charge in [0.25, 0.3) is 5.91 Å². The predicted molar refractivity (Wildman–Crippen MR) is 100 cm³/mol. The highest BCUT2D eigenvalue weighted by molar-refractivity contribution is 6.32. The molecule has 0 bridgehead atoms. The third-order valence-electron chi connectivity index (χ3n) is 3.43. The van der Waals surface area contributed by atoms with Gasteiger partial charge in [0.2, 0.25) is 0 Å². The van der Waals surface area contributed by atoms with Crippen molar-refractivity contribution in [1.82, 2.24) is 5.32 Å². The molecule has 0 unspecified atom stereocenters. The highest BCUT2D eigenvalue weighted by Crippen LogP contribution is 2.22. The van der Waals surface area contributed by atoms with Gasteiger partial charge < -0.3 is 14.8 Å². The monoisotopic (exact) mass is 361 g/mol. The van der Waals surface area contributed by atoms with Crippen molar-refractivity contribution in [2.24, 2.45) is 0 Å². The fourth-order valence-corrected chi connectivity index (χ4v) is 2.51. The van der Waals surface area contributed by atoms with Gasteiger partial charge in [0.15, 0.2) is 6.61 Å². The van der Waals surface area contributed by atoms with Crippen LogP contribution in [0.1, 0.15) is 25.8 Å². The number of para-hydroxylation sites is 1. The van der Waals surface area contributed by atoms with Gasteiger partial charge in [0.05, 0.1) is 11.1 Å². The molecule has 134 valence electrons. The van der Waals surface area contributed by atoms with Gasteiger partial charge in [-0.15, -0.1) is 0 Å². The highest BCUT2D eigenvalue weighted by atomic mass is 35.5. The summed E-state index contributed by atoms with van der Waals surface area (Å²) in [6.45, 7) is 4.57. The van der Waals surface area contributed by atoms with Crippen LogP contribution in [-0.2, 0) is 11.2 Å². The number of benzene rings is 2. The Labute approximate surface area is 154 Å². The lowest BCUT2D eigenvalue weighted by Crippen LogP contribution is -2.29. The van der Waals surface area contributed by atoms with Crippen molar-refractivity contribution in [2.45, 2.75) is 32.8 Å². The molecule has 0 fully saturated rings. The fraction of sp³-hybridized carbons (Fsp3) is 0.350. The van der Waals surface area contributed by atoms with Crippen LogP contribution in [0.25, 0.3) is 0 Å². The summed E-state index contributed by atoms with van der Waals surface area (Å²) in [5.41, 5.74) is 1.19. The number of hydrogen-bond acceptors (Lipinski definition) is 3. The third-order valence-corrected chi connectivity index (χ3v) is 3.74. The second-order valence-corrected chi connectivity index (χ2v) is 6.39. The standard InChI is InChI=1S/C20H24ClNO3/c1-15(2)25-17-9-5-7-16(13-17)8-6-12-22-20(23)14-24-19-11-4-3-10-18(19)21/h3-5,7,9-11,13,15H,6,8,12,14H2,1-2H3,(H,22,23). The number of carbonyl (C=O) groups is 1. The van der Waals surface area contributed by atoms with E-state index >= 15 is 0 Å². The molecule has 0 aromatic heterocycles. The Bertz CT molecular complexity index is 688. The molecule has 2 rings (SSSR count). The first-order valence-electron chi connectivity index (χ1n) is 8.44. The smallest absolute Gasteiger partial charge is 0.257 e. The number of rotatable bonds is 9. The van der Waals surface area contributed by atoms with E-state index in [1.54, 1.807) is 12.1 Å². The quantitative estimate of drug-likeness (QED) is 0.679. The molecule has 2 aromatic rings. The van der Waals surface area contributed by atoms with E-state index in [0.29, 0.717) is 17.3 Å². The summed E-state index contributed by atoms with van der Waals surface area (Å²) < 4.78 is 11.1. The largest absolute Gasteiger partial charge is 0.491 e. The second-order valence-electron chi connectivity index (χ2n) is 5.99. The Morgan fingerprint density at radius 1 is 1.16 bits per heavy atom. The zero-order valence-corrected chi connectivity index (χ0v) is 15.4. The molecule has 0 saturated carbocycles. The van der Waals surface area contributed by atoms with Crippen molar-refractivity contribution in [2.75, 3.05) is 13.2 Å². The SMILES string of the molecule is CC(C)Oc1cccc(CCCNC(=O)COc2ccccc2Cl)c1. The Morgan fingerprint density at radius 2 is 1.96 bits per heavy atom. The van der Waals surface area contributed by atoms with E-state index in [1.165, 1.54) is 5.56 Å². The molecular formula is C20H24ClNO3. The minimum atomic E-state index is -0.156. The molecular weight excluding hydrogens is 338 g/mol. The minimum Gasteiger partial charge on any atom is -0.491 e. The molecule has 4 nitrogen and oxygen atoms in total. The number of amides is 1. The number of carbonyl (C=O) groups excluding carboxylic acids is 1. The van der Waals surface area contributed by atoms with Gasteiger partial charge in [-0.3, -0.25) is 4.79 Å². The molecule has 0 atom stereocenters. The zero-order valence-electron chi connectivity index (χ0n) is 14.6. The lowest BCUT2D eigenvalue weighted by atomic mass is 10.1. The maximum absolute atomic E-state index is 11.8. The molecule has 25 heavy (non-hydrogen) atoms. The lowest BCUT2D eigenvalue weighted by Gasteiger charge is -2.11. The minimum absolute atomic E-state index is 0.0402. The summed E-state index contributed by atoms with van der Waals surface area (Å²) in [6, 6.07) is 15.2. The molecule has 5 heteroatoms. The molecule has 2 aromatic carbocycles. The van der Waals surface area contributed by atoms with E-state index in [1.807, 2.05) is 44.2 Å². The van der Waals surface area contributed by atoms with E-state index in [4.69, 9.17) is 21.1 Å². The Hall–Kier alpha value is -2.20. The van der Waals surface area contributed by atoms with Crippen LogP contribution < -0.4 is 14.8 Å². The molecule has 0 spiro atoms. The van der Waals surface area contributed by atoms with E-state index < -0.39 is 0 Å². The Kier molecular flexibility index (Phi) is 7.61. The third kappa shape index (κ3) is 7.06. The van der Waals surface area contributed by atoms with Crippen LogP contribution in [0.2, 0.25) is 5.02 Å². The molecule has 0 heterocycles. The first kappa shape index (κ1) is 19.1. The zero-order chi connectivity index (χ0) is 18.1. The number of nitrogens with one attached hydrogen (secondary N) is 1. The maximum Gasteiger partial charge on any atom is 0.257 e. The second kappa shape index (κ2) is 9.94. The van der Waals surface area contributed by atoms with Crippen LogP contribution >= 0.6 is 11.6 Å². The van der Waals surface area contributed by atoms with Gasteiger partial charge in [-0.05, 0) is 56.5 Å². The van der Waals surface area contributed by atoms with E-state index in [9.17, 15) is 4.79 Å². The lowest BCUT2D eigenvalue weighted by molar-refractivity contribution is -0.123. The van der Waals surface area contributed by atoms with Crippen molar-refractivity contribution in [3.05, 3.63) is 59.1 Å². The van der Waals surface area contributed by atoms with Crippen LogP contribution in [-0.4, -0.2) is 25.2 Å². The molecule has 1 amide bonds. The molecule has 0 aliphatic heterocycles. The summed E-state index contributed by atoms with van der Waals surface area (Å²) in [4.78, 5) is 11.8. The molecule has 0 radical (unpaired) electrons. The van der Waals surface area contributed by atoms with Crippen LogP contribution in [0, 0.1) is 0 Å². The fourth-order valence-electron chi connectivity index (χ4n) is 2.32. The number of hydrogen-bond donors (Lipinski definition) is 1. The topological polar surface area (TPSA) is 47.6 Å². The van der Waals surface area contributed by atoms with E-state index in [-0.39, 0.29) is 18.6 Å². The number of aryl methyl sites for hydroxylation is 1. The highest BCUT2D eigenvalue weighted by Gasteiger charge is 2.05. The van der Waals surface area contributed by atoms with E-state index in [2.05, 4.69) is 11.4 Å². The maximum atomic E-state index is 11.8. The van der Waals surface area contributed by atoms with Gasteiger partial charge in [0.1, 0.15) is 11.5 Å². The molecule has 1 N–H and O–H groups in total. The first-order chi connectivity index (χ1) is 12.0. The van der Waals surface area contributed by atoms with Gasteiger partial charge in [-0.25, -0.2) is 0 Å². The number of ether oxygens (including phenoxy) is 2. The van der Waals surface area contributed by atoms with Crippen LogP contribution in [0.5, 0.6) is 11.5 Å². The van der Waals surface area contributed by atoms with Crippen molar-refractivity contribution in [3.63, 3.8) is 0 Å². The van der Waals surface area contributed by atoms with Crippen LogP contribution in [0.15, 0.2) is 48.5 Å². The van der Waals surface area contributed by atoms with Gasteiger partial charge >= 0.3 is 0 Å². The van der Waals surface area contributed by atoms with E-state index in [0.717, 1.165) is 18.6 Å². The average Bonchev–Trinajstić information content (AvgIpc) is 2.58. The molecule has 0 saturated heterocycles. The van der Waals surface area contributed by atoms with Crippen molar-refractivity contribution >= 4 is 17.5 Å². The predicted octanol–water partition coefficient (Wildman–Crippen LogP) is 4.26. The first-order valence-corrected chi connectivity index (χ1v) is 8.82. The number of halogens is 1. The van der Waals surface area contributed by atoms with Crippen molar-refractivity contribution in [1.29, 1.82) is 0 Å². The summed E-state index contributed by atoms with van der Waals surface area (Å²) in [7, 11) is 0. The average molecular weight is 362 g/mol. The summed E-state index contributed by atoms with van der Waals surface area (Å²) in [6.07, 6.45) is 1.89. The molecule has 0 aliphatic carbocycles. The normalized spacial score (nSPS) is 10.6. The summed E-state index contributed by atoms with van der Waals surface area (Å²) in [5, 5.41) is 3.35. The Balaban J connectivity index is 1.67. The van der Waals surface area contributed by atoms with Gasteiger partial charge in [0, 0.05) is 6.54 Å². The van der Waals surface area contributed by atoms with Crippen LogP contribution in [0.3, 0.4) is 0 Å².